The standard InChI is InChI=1S/C18H29FN2/c1-4-15(20)12-16-17(19)6-5-7-18(16)21-10-8-14(9-11-21)13(2)3/h5-7,13-15H,4,8-12,20H2,1-3H3. The van der Waals surface area contributed by atoms with Gasteiger partial charge < -0.3 is 10.6 Å². The van der Waals surface area contributed by atoms with Gasteiger partial charge in [0.2, 0.25) is 0 Å². The number of piperidine rings is 1. The van der Waals surface area contributed by atoms with E-state index in [1.807, 2.05) is 6.07 Å². The van der Waals surface area contributed by atoms with Gasteiger partial charge in [0.25, 0.3) is 0 Å². The van der Waals surface area contributed by atoms with Gasteiger partial charge >= 0.3 is 0 Å². The topological polar surface area (TPSA) is 29.3 Å². The molecule has 1 unspecified atom stereocenters. The maximum Gasteiger partial charge on any atom is 0.128 e. The highest BCUT2D eigenvalue weighted by atomic mass is 19.1. The number of hydrogen-bond acceptors (Lipinski definition) is 2. The minimum atomic E-state index is -0.109. The van der Waals surface area contributed by atoms with E-state index in [0.29, 0.717) is 6.42 Å². The van der Waals surface area contributed by atoms with E-state index in [-0.39, 0.29) is 11.9 Å². The monoisotopic (exact) mass is 292 g/mol. The second kappa shape index (κ2) is 7.26. The van der Waals surface area contributed by atoms with E-state index in [2.05, 4.69) is 31.7 Å². The van der Waals surface area contributed by atoms with Crippen molar-refractivity contribution in [3.8, 4) is 0 Å². The molecule has 1 aromatic carbocycles. The number of benzene rings is 1. The first-order valence-corrected chi connectivity index (χ1v) is 8.30. The molecule has 1 saturated heterocycles. The summed E-state index contributed by atoms with van der Waals surface area (Å²) in [5.41, 5.74) is 7.91. The fourth-order valence-corrected chi connectivity index (χ4v) is 3.26. The number of halogens is 1. The Hall–Kier alpha value is -1.09. The second-order valence-corrected chi connectivity index (χ2v) is 6.68. The van der Waals surface area contributed by atoms with Crippen LogP contribution in [0.25, 0.3) is 0 Å². The summed E-state index contributed by atoms with van der Waals surface area (Å²) >= 11 is 0. The number of anilines is 1. The molecule has 0 bridgehead atoms. The van der Waals surface area contributed by atoms with E-state index in [1.54, 1.807) is 6.07 Å². The fourth-order valence-electron chi connectivity index (χ4n) is 3.26. The van der Waals surface area contributed by atoms with Crippen molar-refractivity contribution in [2.24, 2.45) is 17.6 Å². The molecule has 3 heteroatoms. The van der Waals surface area contributed by atoms with Crippen molar-refractivity contribution in [1.29, 1.82) is 0 Å². The first-order chi connectivity index (χ1) is 10.0. The highest BCUT2D eigenvalue weighted by Crippen LogP contribution is 2.31. The van der Waals surface area contributed by atoms with Crippen LogP contribution in [0.15, 0.2) is 18.2 Å². The van der Waals surface area contributed by atoms with Crippen LogP contribution < -0.4 is 10.6 Å². The van der Waals surface area contributed by atoms with E-state index < -0.39 is 0 Å². The van der Waals surface area contributed by atoms with Crippen LogP contribution in [0.1, 0.15) is 45.6 Å². The third-order valence-electron chi connectivity index (χ3n) is 4.91. The Morgan fingerprint density at radius 2 is 1.95 bits per heavy atom. The van der Waals surface area contributed by atoms with Crippen LogP contribution in [0.3, 0.4) is 0 Å². The van der Waals surface area contributed by atoms with Gasteiger partial charge in [-0.3, -0.25) is 0 Å². The predicted molar refractivity (Wildman–Crippen MR) is 88.1 cm³/mol. The average molecular weight is 292 g/mol. The molecule has 0 aromatic heterocycles. The lowest BCUT2D eigenvalue weighted by Gasteiger charge is -2.36. The molecule has 2 N–H and O–H groups in total. The molecule has 1 aromatic rings. The molecule has 1 atom stereocenters. The molecular weight excluding hydrogens is 263 g/mol. The molecule has 1 aliphatic heterocycles. The highest BCUT2D eigenvalue weighted by molar-refractivity contribution is 5.55. The normalized spacial score (nSPS) is 18.3. The van der Waals surface area contributed by atoms with Gasteiger partial charge in [0.15, 0.2) is 0 Å². The van der Waals surface area contributed by atoms with Crippen LogP contribution in [0, 0.1) is 17.7 Å². The quantitative estimate of drug-likeness (QED) is 0.889. The van der Waals surface area contributed by atoms with Crippen molar-refractivity contribution in [3.63, 3.8) is 0 Å². The third-order valence-corrected chi connectivity index (χ3v) is 4.91. The van der Waals surface area contributed by atoms with Gasteiger partial charge in [0.05, 0.1) is 0 Å². The van der Waals surface area contributed by atoms with Crippen molar-refractivity contribution in [2.45, 2.75) is 52.5 Å². The van der Waals surface area contributed by atoms with E-state index >= 15 is 0 Å². The van der Waals surface area contributed by atoms with Gasteiger partial charge in [-0.2, -0.15) is 0 Å². The van der Waals surface area contributed by atoms with Crippen molar-refractivity contribution in [3.05, 3.63) is 29.6 Å². The van der Waals surface area contributed by atoms with Gasteiger partial charge in [-0.05, 0) is 49.7 Å². The Kier molecular flexibility index (Phi) is 5.63. The summed E-state index contributed by atoms with van der Waals surface area (Å²) in [7, 11) is 0. The van der Waals surface area contributed by atoms with E-state index in [9.17, 15) is 4.39 Å². The lowest BCUT2D eigenvalue weighted by atomic mass is 9.86. The molecular formula is C18H29FN2. The summed E-state index contributed by atoms with van der Waals surface area (Å²) in [5, 5.41) is 0. The van der Waals surface area contributed by atoms with Gasteiger partial charge in [-0.15, -0.1) is 0 Å². The predicted octanol–water partition coefficient (Wildman–Crippen LogP) is 3.98. The molecule has 118 valence electrons. The number of rotatable bonds is 5. The van der Waals surface area contributed by atoms with Crippen LogP contribution in [0.2, 0.25) is 0 Å². The van der Waals surface area contributed by atoms with Gasteiger partial charge in [-0.25, -0.2) is 4.39 Å². The Morgan fingerprint density at radius 3 is 2.52 bits per heavy atom. The molecule has 0 saturated carbocycles. The fraction of sp³-hybridized carbons (Fsp3) is 0.667. The van der Waals surface area contributed by atoms with E-state index in [4.69, 9.17) is 5.73 Å². The van der Waals surface area contributed by atoms with Crippen LogP contribution in [-0.2, 0) is 6.42 Å². The van der Waals surface area contributed by atoms with Gasteiger partial charge in [-0.1, -0.05) is 26.8 Å². The molecule has 0 spiro atoms. The molecule has 1 aliphatic rings. The summed E-state index contributed by atoms with van der Waals surface area (Å²) in [6.45, 7) is 8.71. The first kappa shape index (κ1) is 16.3. The highest BCUT2D eigenvalue weighted by Gasteiger charge is 2.24. The molecule has 2 rings (SSSR count). The van der Waals surface area contributed by atoms with E-state index in [0.717, 1.165) is 42.6 Å². The summed E-state index contributed by atoms with van der Waals surface area (Å²) < 4.78 is 14.2. The van der Waals surface area contributed by atoms with Crippen molar-refractivity contribution in [1.82, 2.24) is 0 Å². The maximum absolute atomic E-state index is 14.2. The smallest absolute Gasteiger partial charge is 0.128 e. The third kappa shape index (κ3) is 3.97. The molecule has 1 heterocycles. The number of nitrogens with two attached hydrogens (primary N) is 1. The average Bonchev–Trinajstić information content (AvgIpc) is 2.49. The molecule has 1 fully saturated rings. The first-order valence-electron chi connectivity index (χ1n) is 8.30. The minimum absolute atomic E-state index is 0.0360. The Labute approximate surface area is 128 Å². The molecule has 21 heavy (non-hydrogen) atoms. The Morgan fingerprint density at radius 1 is 1.29 bits per heavy atom. The molecule has 2 nitrogen and oxygen atoms in total. The largest absolute Gasteiger partial charge is 0.371 e. The zero-order valence-corrected chi connectivity index (χ0v) is 13.6. The zero-order valence-electron chi connectivity index (χ0n) is 13.6. The van der Waals surface area contributed by atoms with Crippen molar-refractivity contribution >= 4 is 5.69 Å². The summed E-state index contributed by atoms with van der Waals surface area (Å²) in [5.74, 6) is 1.44. The van der Waals surface area contributed by atoms with Crippen LogP contribution >= 0.6 is 0 Å². The summed E-state index contributed by atoms with van der Waals surface area (Å²) in [6, 6.07) is 5.47. The van der Waals surface area contributed by atoms with Crippen LogP contribution in [-0.4, -0.2) is 19.1 Å². The Bertz CT molecular complexity index is 451. The zero-order chi connectivity index (χ0) is 15.4. The van der Waals surface area contributed by atoms with Gasteiger partial charge in [0, 0.05) is 30.4 Å². The number of nitrogens with zero attached hydrogens (tertiary/aromatic N) is 1. The van der Waals surface area contributed by atoms with Crippen LogP contribution in [0.5, 0.6) is 0 Å². The van der Waals surface area contributed by atoms with Crippen molar-refractivity contribution < 1.29 is 4.39 Å². The van der Waals surface area contributed by atoms with E-state index in [1.165, 1.54) is 12.8 Å². The lowest BCUT2D eigenvalue weighted by Crippen LogP contribution is -2.36. The van der Waals surface area contributed by atoms with Gasteiger partial charge in [0.1, 0.15) is 5.82 Å². The maximum atomic E-state index is 14.2. The minimum Gasteiger partial charge on any atom is -0.371 e. The number of hydrogen-bond donors (Lipinski definition) is 1. The molecule has 0 aliphatic carbocycles. The molecule has 0 radical (unpaired) electrons. The SMILES string of the molecule is CCC(N)Cc1c(F)cccc1N1CCC(C(C)C)CC1. The second-order valence-electron chi connectivity index (χ2n) is 6.68. The lowest BCUT2D eigenvalue weighted by molar-refractivity contribution is 0.311. The molecule has 0 amide bonds. The van der Waals surface area contributed by atoms with Crippen LogP contribution in [0.4, 0.5) is 10.1 Å². The Balaban J connectivity index is 2.15. The summed E-state index contributed by atoms with van der Waals surface area (Å²) in [4.78, 5) is 2.35. The van der Waals surface area contributed by atoms with Crippen molar-refractivity contribution in [2.75, 3.05) is 18.0 Å². The summed E-state index contributed by atoms with van der Waals surface area (Å²) in [6.07, 6.45) is 3.91.